The Kier molecular flexibility index (Phi) is 3.54. The predicted molar refractivity (Wildman–Crippen MR) is 73.1 cm³/mol. The van der Waals surface area contributed by atoms with Gasteiger partial charge in [-0.1, -0.05) is 6.07 Å². The number of aryl methyl sites for hydroxylation is 1. The number of rotatable bonds is 3. The van der Waals surface area contributed by atoms with E-state index in [1.807, 2.05) is 6.07 Å². The lowest BCUT2D eigenvalue weighted by molar-refractivity contribution is 0.600. The van der Waals surface area contributed by atoms with Gasteiger partial charge in [-0.05, 0) is 24.6 Å². The number of sulfonamides is 1. The van der Waals surface area contributed by atoms with Crippen molar-refractivity contribution in [2.24, 2.45) is 0 Å². The van der Waals surface area contributed by atoms with Crippen LogP contribution in [0, 0.1) is 18.3 Å². The van der Waals surface area contributed by atoms with Crippen LogP contribution in [0.25, 0.3) is 0 Å². The molecule has 0 fully saturated rings. The van der Waals surface area contributed by atoms with Gasteiger partial charge >= 0.3 is 0 Å². The van der Waals surface area contributed by atoms with Gasteiger partial charge in [0.25, 0.3) is 10.0 Å². The quantitative estimate of drug-likeness (QED) is 0.870. The van der Waals surface area contributed by atoms with Crippen molar-refractivity contribution in [2.75, 3.05) is 10.5 Å². The van der Waals surface area contributed by atoms with Crippen LogP contribution < -0.4 is 10.5 Å². The third-order valence-corrected chi connectivity index (χ3v) is 3.89. The lowest BCUT2D eigenvalue weighted by atomic mass is 10.1. The van der Waals surface area contributed by atoms with E-state index in [1.165, 1.54) is 6.07 Å². The molecule has 102 valence electrons. The molecule has 0 aliphatic heterocycles. The van der Waals surface area contributed by atoms with Gasteiger partial charge in [0, 0.05) is 0 Å². The third kappa shape index (κ3) is 2.84. The zero-order chi connectivity index (χ0) is 14.8. The van der Waals surface area contributed by atoms with Crippen molar-refractivity contribution < 1.29 is 8.42 Å². The Morgan fingerprint density at radius 1 is 1.30 bits per heavy atom. The molecule has 0 spiro atoms. The fraction of sp³-hybridized carbons (Fsp3) is 0.0833. The lowest BCUT2D eigenvalue weighted by Crippen LogP contribution is -2.15. The summed E-state index contributed by atoms with van der Waals surface area (Å²) in [5, 5.41) is 8.84. The first-order valence-corrected chi connectivity index (χ1v) is 7.02. The van der Waals surface area contributed by atoms with E-state index in [1.54, 1.807) is 19.1 Å². The van der Waals surface area contributed by atoms with Gasteiger partial charge in [-0.25, -0.2) is 18.4 Å². The van der Waals surface area contributed by atoms with E-state index in [-0.39, 0.29) is 10.8 Å². The maximum Gasteiger partial charge on any atom is 0.264 e. The Balaban J connectivity index is 2.38. The fourth-order valence-corrected chi connectivity index (χ4v) is 2.48. The Bertz CT molecular complexity index is 778. The van der Waals surface area contributed by atoms with Crippen LogP contribution in [0.3, 0.4) is 0 Å². The standard InChI is InChI=1S/C12H11N5O2S/c1-8-2-3-9(5-13)4-11(8)17-20(18,19)10-6-15-12(14)16-7-10/h2-4,6-7,17H,1H3,(H2,14,15,16). The molecule has 0 saturated carbocycles. The number of hydrogen-bond acceptors (Lipinski definition) is 6. The molecule has 1 heterocycles. The molecule has 0 saturated heterocycles. The summed E-state index contributed by atoms with van der Waals surface area (Å²) in [6, 6.07) is 6.69. The van der Waals surface area contributed by atoms with Crippen molar-refractivity contribution in [3.8, 4) is 6.07 Å². The molecule has 1 aromatic heterocycles. The maximum absolute atomic E-state index is 12.1. The van der Waals surface area contributed by atoms with E-state index in [9.17, 15) is 8.42 Å². The summed E-state index contributed by atoms with van der Waals surface area (Å²) in [4.78, 5) is 7.17. The highest BCUT2D eigenvalue weighted by molar-refractivity contribution is 7.92. The predicted octanol–water partition coefficient (Wildman–Crippen LogP) is 1.04. The monoisotopic (exact) mass is 289 g/mol. The minimum atomic E-state index is -3.82. The van der Waals surface area contributed by atoms with Gasteiger partial charge in [-0.2, -0.15) is 5.26 Å². The number of anilines is 2. The van der Waals surface area contributed by atoms with Gasteiger partial charge in [-0.15, -0.1) is 0 Å². The molecule has 8 heteroatoms. The van der Waals surface area contributed by atoms with Crippen LogP contribution in [-0.2, 0) is 10.0 Å². The van der Waals surface area contributed by atoms with Gasteiger partial charge < -0.3 is 5.73 Å². The summed E-state index contributed by atoms with van der Waals surface area (Å²) in [6.45, 7) is 1.73. The van der Waals surface area contributed by atoms with Gasteiger partial charge in [0.2, 0.25) is 5.95 Å². The van der Waals surface area contributed by atoms with Crippen molar-refractivity contribution >= 4 is 21.7 Å². The average molecular weight is 289 g/mol. The van der Waals surface area contributed by atoms with Crippen LogP contribution in [0.15, 0.2) is 35.5 Å². The largest absolute Gasteiger partial charge is 0.368 e. The van der Waals surface area contributed by atoms with E-state index in [0.29, 0.717) is 16.8 Å². The summed E-state index contributed by atoms with van der Waals surface area (Å²) in [5.74, 6) is -0.00777. The highest BCUT2D eigenvalue weighted by atomic mass is 32.2. The molecule has 0 bridgehead atoms. The highest BCUT2D eigenvalue weighted by Gasteiger charge is 2.16. The highest BCUT2D eigenvalue weighted by Crippen LogP contribution is 2.20. The smallest absolute Gasteiger partial charge is 0.264 e. The molecule has 20 heavy (non-hydrogen) atoms. The van der Waals surface area contributed by atoms with Crippen LogP contribution in [-0.4, -0.2) is 18.4 Å². The Morgan fingerprint density at radius 3 is 2.55 bits per heavy atom. The number of nitrogens with two attached hydrogens (primary N) is 1. The van der Waals surface area contributed by atoms with E-state index in [4.69, 9.17) is 11.0 Å². The first kappa shape index (κ1) is 13.8. The second kappa shape index (κ2) is 5.14. The van der Waals surface area contributed by atoms with E-state index < -0.39 is 10.0 Å². The maximum atomic E-state index is 12.1. The summed E-state index contributed by atoms with van der Waals surface area (Å²) in [5.41, 5.74) is 6.71. The average Bonchev–Trinajstić information content (AvgIpc) is 2.41. The third-order valence-electron chi connectivity index (χ3n) is 2.57. The molecule has 1 aromatic carbocycles. The van der Waals surface area contributed by atoms with Crippen LogP contribution in [0.2, 0.25) is 0 Å². The number of nitriles is 1. The molecule has 0 amide bonds. The molecule has 0 atom stereocenters. The minimum Gasteiger partial charge on any atom is -0.368 e. The molecular weight excluding hydrogens is 278 g/mol. The summed E-state index contributed by atoms with van der Waals surface area (Å²) < 4.78 is 26.7. The normalized spacial score (nSPS) is 10.8. The first-order valence-electron chi connectivity index (χ1n) is 5.53. The van der Waals surface area contributed by atoms with Crippen molar-refractivity contribution in [3.05, 3.63) is 41.7 Å². The lowest BCUT2D eigenvalue weighted by Gasteiger charge is -2.10. The minimum absolute atomic E-state index is 0.00777. The fourth-order valence-electron chi connectivity index (χ4n) is 1.47. The number of nitrogens with one attached hydrogen (secondary N) is 1. The molecule has 0 aliphatic carbocycles. The Morgan fingerprint density at radius 2 is 1.95 bits per heavy atom. The molecule has 2 aromatic rings. The number of hydrogen-bond donors (Lipinski definition) is 2. The molecule has 2 rings (SSSR count). The SMILES string of the molecule is Cc1ccc(C#N)cc1NS(=O)(=O)c1cnc(N)nc1. The summed E-state index contributed by atoms with van der Waals surface area (Å²) in [7, 11) is -3.82. The summed E-state index contributed by atoms with van der Waals surface area (Å²) >= 11 is 0. The zero-order valence-electron chi connectivity index (χ0n) is 10.5. The second-order valence-corrected chi connectivity index (χ2v) is 5.71. The number of nitrogens with zero attached hydrogens (tertiary/aromatic N) is 3. The molecule has 3 N–H and O–H groups in total. The molecule has 0 unspecified atom stereocenters. The van der Waals surface area contributed by atoms with Gasteiger partial charge in [0.15, 0.2) is 0 Å². The van der Waals surface area contributed by atoms with Crippen molar-refractivity contribution in [2.45, 2.75) is 11.8 Å². The van der Waals surface area contributed by atoms with E-state index >= 15 is 0 Å². The van der Waals surface area contributed by atoms with Crippen molar-refractivity contribution in [1.29, 1.82) is 5.26 Å². The van der Waals surface area contributed by atoms with Crippen LogP contribution in [0.4, 0.5) is 11.6 Å². The van der Waals surface area contributed by atoms with Crippen molar-refractivity contribution in [1.82, 2.24) is 9.97 Å². The van der Waals surface area contributed by atoms with Crippen LogP contribution in [0.5, 0.6) is 0 Å². The van der Waals surface area contributed by atoms with E-state index in [2.05, 4.69) is 14.7 Å². The second-order valence-electron chi connectivity index (χ2n) is 4.02. The van der Waals surface area contributed by atoms with Crippen molar-refractivity contribution in [3.63, 3.8) is 0 Å². The van der Waals surface area contributed by atoms with E-state index in [0.717, 1.165) is 12.4 Å². The molecular formula is C12H11N5O2S. The first-order chi connectivity index (χ1) is 9.42. The number of aromatic nitrogens is 2. The van der Waals surface area contributed by atoms with Gasteiger partial charge in [0.1, 0.15) is 4.90 Å². The Labute approximate surface area is 116 Å². The number of benzene rings is 1. The number of nitrogen functional groups attached to an aromatic ring is 1. The topological polar surface area (TPSA) is 122 Å². The molecule has 0 radical (unpaired) electrons. The molecule has 0 aliphatic rings. The van der Waals surface area contributed by atoms with Crippen LogP contribution >= 0.6 is 0 Å². The summed E-state index contributed by atoms with van der Waals surface area (Å²) in [6.07, 6.45) is 2.24. The van der Waals surface area contributed by atoms with Gasteiger partial charge in [-0.3, -0.25) is 4.72 Å². The zero-order valence-corrected chi connectivity index (χ0v) is 11.3. The van der Waals surface area contributed by atoms with Gasteiger partial charge in [0.05, 0.1) is 29.7 Å². The Hall–Kier alpha value is -2.66. The molecule has 7 nitrogen and oxygen atoms in total. The van der Waals surface area contributed by atoms with Crippen LogP contribution in [0.1, 0.15) is 11.1 Å².